The molecule has 0 amide bonds. The van der Waals surface area contributed by atoms with E-state index in [2.05, 4.69) is 41.6 Å². The molecule has 1 fully saturated rings. The molecule has 1 saturated heterocycles. The zero-order valence-corrected chi connectivity index (χ0v) is 11.0. The van der Waals surface area contributed by atoms with Crippen molar-refractivity contribution >= 4 is 11.0 Å². The summed E-state index contributed by atoms with van der Waals surface area (Å²) in [6, 6.07) is 8.58. The molecule has 2 unspecified atom stereocenters. The van der Waals surface area contributed by atoms with E-state index in [1.165, 1.54) is 5.52 Å². The summed E-state index contributed by atoms with van der Waals surface area (Å²) in [5.74, 6) is 1.71. The lowest BCUT2D eigenvalue weighted by atomic mass is 10.1. The van der Waals surface area contributed by atoms with Crippen LogP contribution in [-0.4, -0.2) is 33.6 Å². The molecule has 2 atom stereocenters. The molecule has 0 radical (unpaired) electrons. The van der Waals surface area contributed by atoms with E-state index in [1.54, 1.807) is 0 Å². The van der Waals surface area contributed by atoms with Crippen LogP contribution in [0.15, 0.2) is 24.3 Å². The van der Waals surface area contributed by atoms with Crippen LogP contribution in [0.25, 0.3) is 11.0 Å². The number of benzene rings is 1. The monoisotopic (exact) mass is 244 g/mol. The zero-order chi connectivity index (χ0) is 12.7. The number of para-hydroxylation sites is 2. The van der Waals surface area contributed by atoms with Crippen LogP contribution < -0.4 is 5.73 Å². The van der Waals surface area contributed by atoms with Crippen LogP contribution in [0.2, 0.25) is 0 Å². The number of aryl methyl sites for hydroxylation is 1. The molecule has 1 aromatic carbocycles. The summed E-state index contributed by atoms with van der Waals surface area (Å²) < 4.78 is 2.18. The lowest BCUT2D eigenvalue weighted by molar-refractivity contribution is 0.307. The maximum Gasteiger partial charge on any atom is 0.123 e. The summed E-state index contributed by atoms with van der Waals surface area (Å²) in [6.45, 7) is 5.16. The smallest absolute Gasteiger partial charge is 0.123 e. The van der Waals surface area contributed by atoms with Gasteiger partial charge in [0.25, 0.3) is 0 Å². The van der Waals surface area contributed by atoms with Gasteiger partial charge in [-0.2, -0.15) is 0 Å². The highest BCUT2D eigenvalue weighted by Crippen LogP contribution is 2.19. The van der Waals surface area contributed by atoms with Gasteiger partial charge in [-0.05, 0) is 18.1 Å². The molecule has 0 spiro atoms. The maximum absolute atomic E-state index is 6.07. The van der Waals surface area contributed by atoms with Crippen LogP contribution in [0.4, 0.5) is 0 Å². The minimum atomic E-state index is 0.305. The fourth-order valence-electron chi connectivity index (χ4n) is 2.76. The van der Waals surface area contributed by atoms with E-state index < -0.39 is 0 Å². The Morgan fingerprint density at radius 2 is 2.11 bits per heavy atom. The highest BCUT2D eigenvalue weighted by atomic mass is 15.2. The Morgan fingerprint density at radius 3 is 2.78 bits per heavy atom. The van der Waals surface area contributed by atoms with E-state index in [0.717, 1.165) is 31.0 Å². The molecule has 96 valence electrons. The van der Waals surface area contributed by atoms with Crippen LogP contribution in [0.1, 0.15) is 12.7 Å². The Hall–Kier alpha value is -1.39. The summed E-state index contributed by atoms with van der Waals surface area (Å²) in [4.78, 5) is 7.11. The van der Waals surface area contributed by atoms with Crippen molar-refractivity contribution in [2.24, 2.45) is 18.7 Å². The number of likely N-dealkylation sites (tertiary alicyclic amines) is 1. The van der Waals surface area contributed by atoms with Crippen molar-refractivity contribution in [3.8, 4) is 0 Å². The molecule has 0 saturated carbocycles. The largest absolute Gasteiger partial charge is 0.330 e. The van der Waals surface area contributed by atoms with E-state index in [-0.39, 0.29) is 0 Å². The number of hydrogen-bond donors (Lipinski definition) is 1. The number of imidazole rings is 1. The third-order valence-corrected chi connectivity index (χ3v) is 3.99. The van der Waals surface area contributed by atoms with E-state index in [9.17, 15) is 0 Å². The molecule has 1 aromatic heterocycles. The van der Waals surface area contributed by atoms with Crippen LogP contribution in [0, 0.1) is 5.92 Å². The summed E-state index contributed by atoms with van der Waals surface area (Å²) >= 11 is 0. The van der Waals surface area contributed by atoms with Crippen LogP contribution in [0.5, 0.6) is 0 Å². The van der Waals surface area contributed by atoms with Gasteiger partial charge in [0.1, 0.15) is 5.82 Å². The predicted molar refractivity (Wildman–Crippen MR) is 73.1 cm³/mol. The molecular formula is C14H20N4. The molecule has 1 aliphatic heterocycles. The normalized spacial score (nSPS) is 25.1. The van der Waals surface area contributed by atoms with Gasteiger partial charge in [-0.15, -0.1) is 0 Å². The predicted octanol–water partition coefficient (Wildman–Crippen LogP) is 1.35. The number of nitrogens with zero attached hydrogens (tertiary/aromatic N) is 3. The number of hydrogen-bond acceptors (Lipinski definition) is 3. The van der Waals surface area contributed by atoms with Gasteiger partial charge in [-0.25, -0.2) is 4.98 Å². The van der Waals surface area contributed by atoms with Gasteiger partial charge in [0.05, 0.1) is 17.6 Å². The maximum atomic E-state index is 6.07. The van der Waals surface area contributed by atoms with Gasteiger partial charge in [-0.1, -0.05) is 19.1 Å². The Kier molecular flexibility index (Phi) is 2.84. The standard InChI is InChI=1S/C14H20N4/c1-10-7-18(8-11(10)15)9-14-16-12-5-3-4-6-13(12)17(14)2/h3-6,10-11H,7-9,15H2,1-2H3. The Balaban J connectivity index is 1.85. The van der Waals surface area contributed by atoms with E-state index in [0.29, 0.717) is 12.0 Å². The van der Waals surface area contributed by atoms with Crippen molar-refractivity contribution in [1.29, 1.82) is 0 Å². The Labute approximate surface area is 107 Å². The van der Waals surface area contributed by atoms with Crippen molar-refractivity contribution in [3.05, 3.63) is 30.1 Å². The first-order chi connectivity index (χ1) is 8.65. The number of fused-ring (bicyclic) bond motifs is 1. The lowest BCUT2D eigenvalue weighted by Crippen LogP contribution is -2.28. The topological polar surface area (TPSA) is 47.1 Å². The summed E-state index contributed by atoms with van der Waals surface area (Å²) in [5, 5.41) is 0. The second kappa shape index (κ2) is 4.37. The average molecular weight is 244 g/mol. The lowest BCUT2D eigenvalue weighted by Gasteiger charge is -2.14. The van der Waals surface area contributed by atoms with Crippen molar-refractivity contribution in [2.75, 3.05) is 13.1 Å². The summed E-state index contributed by atoms with van der Waals surface area (Å²) in [7, 11) is 2.09. The van der Waals surface area contributed by atoms with Crippen LogP contribution in [0.3, 0.4) is 0 Å². The first kappa shape index (κ1) is 11.7. The third-order valence-electron chi connectivity index (χ3n) is 3.99. The van der Waals surface area contributed by atoms with Crippen molar-refractivity contribution < 1.29 is 0 Å². The highest BCUT2D eigenvalue weighted by Gasteiger charge is 2.27. The van der Waals surface area contributed by atoms with Crippen molar-refractivity contribution in [3.63, 3.8) is 0 Å². The highest BCUT2D eigenvalue weighted by molar-refractivity contribution is 5.75. The van der Waals surface area contributed by atoms with Gasteiger partial charge in [0, 0.05) is 26.2 Å². The quantitative estimate of drug-likeness (QED) is 0.867. The summed E-state index contributed by atoms with van der Waals surface area (Å²) in [5.41, 5.74) is 8.34. The molecule has 2 heterocycles. The summed E-state index contributed by atoms with van der Waals surface area (Å²) in [6.07, 6.45) is 0. The van der Waals surface area contributed by atoms with E-state index in [4.69, 9.17) is 10.7 Å². The molecule has 0 aliphatic carbocycles. The molecular weight excluding hydrogens is 224 g/mol. The average Bonchev–Trinajstić information content (AvgIpc) is 2.83. The van der Waals surface area contributed by atoms with Crippen molar-refractivity contribution in [1.82, 2.24) is 14.5 Å². The fraction of sp³-hybridized carbons (Fsp3) is 0.500. The molecule has 4 heteroatoms. The molecule has 2 aromatic rings. The molecule has 3 rings (SSSR count). The van der Waals surface area contributed by atoms with Crippen LogP contribution >= 0.6 is 0 Å². The Morgan fingerprint density at radius 1 is 1.33 bits per heavy atom. The second-order valence-electron chi connectivity index (χ2n) is 5.41. The molecule has 2 N–H and O–H groups in total. The first-order valence-corrected chi connectivity index (χ1v) is 6.53. The molecule has 0 bridgehead atoms. The van der Waals surface area contributed by atoms with Gasteiger partial charge in [-0.3, -0.25) is 4.90 Å². The zero-order valence-electron chi connectivity index (χ0n) is 11.0. The Bertz CT molecular complexity index is 550. The fourth-order valence-corrected chi connectivity index (χ4v) is 2.76. The molecule has 4 nitrogen and oxygen atoms in total. The minimum Gasteiger partial charge on any atom is -0.330 e. The van der Waals surface area contributed by atoms with Gasteiger partial charge in [0.15, 0.2) is 0 Å². The minimum absolute atomic E-state index is 0.305. The SMILES string of the molecule is CC1CN(Cc2nc3ccccc3n2C)CC1N. The van der Waals surface area contributed by atoms with E-state index in [1.807, 2.05) is 6.07 Å². The first-order valence-electron chi connectivity index (χ1n) is 6.53. The second-order valence-corrected chi connectivity index (χ2v) is 5.41. The number of nitrogens with two attached hydrogens (primary N) is 1. The van der Waals surface area contributed by atoms with Gasteiger partial charge >= 0.3 is 0 Å². The van der Waals surface area contributed by atoms with Gasteiger partial charge in [0.2, 0.25) is 0 Å². The van der Waals surface area contributed by atoms with Crippen molar-refractivity contribution in [2.45, 2.75) is 19.5 Å². The molecule has 1 aliphatic rings. The third kappa shape index (κ3) is 1.91. The number of rotatable bonds is 2. The van der Waals surface area contributed by atoms with E-state index >= 15 is 0 Å². The molecule has 18 heavy (non-hydrogen) atoms. The van der Waals surface area contributed by atoms with Crippen LogP contribution in [-0.2, 0) is 13.6 Å². The van der Waals surface area contributed by atoms with Gasteiger partial charge < -0.3 is 10.3 Å². The number of aromatic nitrogens is 2.